The van der Waals surface area contributed by atoms with Gasteiger partial charge in [0, 0.05) is 19.4 Å². The third-order valence-corrected chi connectivity index (χ3v) is 1.64. The lowest BCUT2D eigenvalue weighted by Gasteiger charge is -1.95. The zero-order valence-electron chi connectivity index (χ0n) is 6.88. The predicted octanol–water partition coefficient (Wildman–Crippen LogP) is 0.665. The Hall–Kier alpha value is -1.58. The van der Waals surface area contributed by atoms with E-state index in [-0.39, 0.29) is 0 Å². The van der Waals surface area contributed by atoms with Crippen molar-refractivity contribution in [1.82, 2.24) is 19.3 Å². The van der Waals surface area contributed by atoms with E-state index in [2.05, 4.69) is 10.1 Å². The summed E-state index contributed by atoms with van der Waals surface area (Å²) in [6.07, 6.45) is 5.70. The lowest BCUT2D eigenvalue weighted by molar-refractivity contribution is 0.704. The number of nitrogens with zero attached hydrogens (tertiary/aromatic N) is 4. The average Bonchev–Trinajstić information content (AvgIpc) is 2.63. The van der Waals surface area contributed by atoms with Crippen molar-refractivity contribution in [2.45, 2.75) is 6.54 Å². The largest absolute Gasteiger partial charge is 0.347 e. The highest BCUT2D eigenvalue weighted by Crippen LogP contribution is 1.95. The van der Waals surface area contributed by atoms with Crippen molar-refractivity contribution in [1.29, 1.82) is 0 Å². The molecule has 0 spiro atoms. The Morgan fingerprint density at radius 1 is 1.33 bits per heavy atom. The molecule has 2 aromatic heterocycles. The molecule has 2 rings (SSSR count). The molecule has 0 fully saturated rings. The van der Waals surface area contributed by atoms with Gasteiger partial charge in [0.2, 0.25) is 0 Å². The molecule has 2 heterocycles. The molecule has 12 heavy (non-hydrogen) atoms. The predicted molar refractivity (Wildman–Crippen MR) is 44.5 cm³/mol. The molecule has 0 radical (unpaired) electrons. The maximum Gasteiger partial charge on any atom is 0.170 e. The minimum absolute atomic E-state index is 0.744. The third-order valence-electron chi connectivity index (χ3n) is 1.64. The van der Waals surface area contributed by atoms with Crippen LogP contribution in [-0.4, -0.2) is 19.3 Å². The molecule has 0 aliphatic carbocycles. The highest BCUT2D eigenvalue weighted by molar-refractivity contribution is 4.94. The molecule has 0 aliphatic rings. The number of rotatable bonds is 2. The fraction of sp³-hybridized carbons (Fsp3) is 0.250. The molecule has 0 bridgehead atoms. The van der Waals surface area contributed by atoms with Crippen molar-refractivity contribution in [3.8, 4) is 0 Å². The summed E-state index contributed by atoms with van der Waals surface area (Å²) in [6.45, 7) is 0.744. The van der Waals surface area contributed by atoms with Gasteiger partial charge in [0.05, 0.1) is 6.54 Å². The first kappa shape index (κ1) is 7.09. The van der Waals surface area contributed by atoms with E-state index in [1.54, 1.807) is 11.0 Å². The van der Waals surface area contributed by atoms with E-state index in [0.717, 1.165) is 12.4 Å². The van der Waals surface area contributed by atoms with Crippen LogP contribution >= 0.6 is 0 Å². The first-order valence-corrected chi connectivity index (χ1v) is 3.80. The van der Waals surface area contributed by atoms with Crippen LogP contribution in [0.1, 0.15) is 5.82 Å². The minimum Gasteiger partial charge on any atom is -0.347 e. The van der Waals surface area contributed by atoms with Gasteiger partial charge in [0.15, 0.2) is 5.82 Å². The molecule has 0 saturated heterocycles. The summed E-state index contributed by atoms with van der Waals surface area (Å²) >= 11 is 0. The van der Waals surface area contributed by atoms with Gasteiger partial charge in [0.25, 0.3) is 0 Å². The molecule has 0 unspecified atom stereocenters. The smallest absolute Gasteiger partial charge is 0.170 e. The third kappa shape index (κ3) is 1.37. The van der Waals surface area contributed by atoms with Gasteiger partial charge in [0.1, 0.15) is 6.33 Å². The summed E-state index contributed by atoms with van der Waals surface area (Å²) in [5.74, 6) is 0.841. The van der Waals surface area contributed by atoms with Crippen LogP contribution in [0.15, 0.2) is 30.9 Å². The Labute approximate surface area is 70.5 Å². The van der Waals surface area contributed by atoms with Gasteiger partial charge >= 0.3 is 0 Å². The average molecular weight is 162 g/mol. The van der Waals surface area contributed by atoms with Crippen LogP contribution in [-0.2, 0) is 13.6 Å². The van der Waals surface area contributed by atoms with E-state index >= 15 is 0 Å². The molecule has 0 atom stereocenters. The second kappa shape index (κ2) is 2.81. The van der Waals surface area contributed by atoms with Crippen molar-refractivity contribution in [3.63, 3.8) is 0 Å². The number of aryl methyl sites for hydroxylation is 1. The summed E-state index contributed by atoms with van der Waals surface area (Å²) < 4.78 is 3.74. The van der Waals surface area contributed by atoms with Crippen molar-refractivity contribution in [2.24, 2.45) is 7.05 Å². The molecule has 4 heteroatoms. The van der Waals surface area contributed by atoms with Gasteiger partial charge in [-0.05, 0) is 12.1 Å². The second-order valence-corrected chi connectivity index (χ2v) is 2.69. The second-order valence-electron chi connectivity index (χ2n) is 2.69. The van der Waals surface area contributed by atoms with Crippen molar-refractivity contribution >= 4 is 0 Å². The lowest BCUT2D eigenvalue weighted by Crippen LogP contribution is -1.99. The van der Waals surface area contributed by atoms with E-state index in [0.29, 0.717) is 0 Å². The molecule has 0 aromatic carbocycles. The van der Waals surface area contributed by atoms with Crippen LogP contribution < -0.4 is 0 Å². The fourth-order valence-electron chi connectivity index (χ4n) is 1.10. The Balaban J connectivity index is 2.14. The Morgan fingerprint density at radius 2 is 2.08 bits per heavy atom. The number of hydrogen-bond donors (Lipinski definition) is 0. The topological polar surface area (TPSA) is 35.6 Å². The van der Waals surface area contributed by atoms with E-state index in [4.69, 9.17) is 0 Å². The van der Waals surface area contributed by atoms with Crippen molar-refractivity contribution in [3.05, 3.63) is 36.7 Å². The van der Waals surface area contributed by atoms with Crippen molar-refractivity contribution < 1.29 is 0 Å². The van der Waals surface area contributed by atoms with Crippen molar-refractivity contribution in [2.75, 3.05) is 0 Å². The Bertz CT molecular complexity index is 347. The fourth-order valence-corrected chi connectivity index (χ4v) is 1.10. The summed E-state index contributed by atoms with van der Waals surface area (Å²) in [7, 11) is 1.87. The van der Waals surface area contributed by atoms with E-state index < -0.39 is 0 Å². The van der Waals surface area contributed by atoms with Gasteiger partial charge in [-0.25, -0.2) is 4.98 Å². The normalized spacial score (nSPS) is 10.4. The molecule has 62 valence electrons. The maximum absolute atomic E-state index is 4.17. The minimum atomic E-state index is 0.744. The number of hydrogen-bond acceptors (Lipinski definition) is 2. The molecular formula is C8H10N4. The van der Waals surface area contributed by atoms with Crippen LogP contribution in [0.5, 0.6) is 0 Å². The van der Waals surface area contributed by atoms with Gasteiger partial charge in [-0.1, -0.05) is 0 Å². The van der Waals surface area contributed by atoms with E-state index in [1.165, 1.54) is 0 Å². The molecule has 0 aliphatic heterocycles. The molecule has 0 saturated carbocycles. The summed E-state index contributed by atoms with van der Waals surface area (Å²) in [5, 5.41) is 4.17. The first-order chi connectivity index (χ1) is 5.84. The number of aromatic nitrogens is 4. The summed E-state index contributed by atoms with van der Waals surface area (Å²) in [5.41, 5.74) is 0. The molecular weight excluding hydrogens is 152 g/mol. The van der Waals surface area contributed by atoms with Crippen LogP contribution in [0.3, 0.4) is 0 Å². The zero-order valence-corrected chi connectivity index (χ0v) is 6.88. The molecule has 4 nitrogen and oxygen atoms in total. The summed E-state index contributed by atoms with van der Waals surface area (Å²) in [6, 6.07) is 3.98. The maximum atomic E-state index is 4.17. The highest BCUT2D eigenvalue weighted by Gasteiger charge is 1.97. The van der Waals surface area contributed by atoms with Gasteiger partial charge in [-0.2, -0.15) is 5.10 Å². The highest BCUT2D eigenvalue weighted by atomic mass is 15.3. The van der Waals surface area contributed by atoms with Crippen LogP contribution in [0, 0.1) is 0 Å². The van der Waals surface area contributed by atoms with Gasteiger partial charge in [-0.3, -0.25) is 4.68 Å². The SMILES string of the molecule is Cn1cnc(Cn2cccc2)n1. The van der Waals surface area contributed by atoms with Crippen LogP contribution in [0.2, 0.25) is 0 Å². The lowest BCUT2D eigenvalue weighted by atomic mass is 10.6. The first-order valence-electron chi connectivity index (χ1n) is 3.80. The molecule has 0 amide bonds. The quantitative estimate of drug-likeness (QED) is 0.650. The van der Waals surface area contributed by atoms with Crippen LogP contribution in [0.4, 0.5) is 0 Å². The monoisotopic (exact) mass is 162 g/mol. The molecule has 2 aromatic rings. The Kier molecular flexibility index (Phi) is 1.66. The van der Waals surface area contributed by atoms with Gasteiger partial charge < -0.3 is 4.57 Å². The zero-order chi connectivity index (χ0) is 8.39. The van der Waals surface area contributed by atoms with Crippen LogP contribution in [0.25, 0.3) is 0 Å². The van der Waals surface area contributed by atoms with Gasteiger partial charge in [-0.15, -0.1) is 0 Å². The van der Waals surface area contributed by atoms with E-state index in [1.807, 2.05) is 36.1 Å². The summed E-state index contributed by atoms with van der Waals surface area (Å²) in [4.78, 5) is 4.12. The van der Waals surface area contributed by atoms with E-state index in [9.17, 15) is 0 Å². The molecule has 0 N–H and O–H groups in total. The Morgan fingerprint density at radius 3 is 2.67 bits per heavy atom. The standard InChI is InChI=1S/C8H10N4/c1-11-7-9-8(10-11)6-12-4-2-3-5-12/h2-5,7H,6H2,1H3.